The highest BCUT2D eigenvalue weighted by Gasteiger charge is 2.22. The van der Waals surface area contributed by atoms with E-state index in [1.54, 1.807) is 6.92 Å². The van der Waals surface area contributed by atoms with Crippen molar-refractivity contribution in [1.29, 1.82) is 0 Å². The molecule has 2 amide bonds. The van der Waals surface area contributed by atoms with Crippen molar-refractivity contribution in [2.45, 2.75) is 52.0 Å². The summed E-state index contributed by atoms with van der Waals surface area (Å²) in [4.78, 5) is 35.0. The first-order valence-corrected chi connectivity index (χ1v) is 8.40. The van der Waals surface area contributed by atoms with E-state index < -0.39 is 17.9 Å². The van der Waals surface area contributed by atoms with Gasteiger partial charge in [-0.2, -0.15) is 0 Å². The third-order valence-electron chi connectivity index (χ3n) is 3.68. The summed E-state index contributed by atoms with van der Waals surface area (Å²) in [7, 11) is 0. The zero-order valence-corrected chi connectivity index (χ0v) is 14.7. The number of hydrogen-bond acceptors (Lipinski definition) is 5. The molecule has 7 heteroatoms. The predicted octanol–water partition coefficient (Wildman–Crippen LogP) is 1.65. The molecule has 7 nitrogen and oxygen atoms in total. The monoisotopic (exact) mass is 350 g/mol. The van der Waals surface area contributed by atoms with E-state index in [1.807, 2.05) is 31.2 Å². The second-order valence-corrected chi connectivity index (χ2v) is 5.78. The summed E-state index contributed by atoms with van der Waals surface area (Å²) in [6, 6.07) is 7.21. The fourth-order valence-electron chi connectivity index (χ4n) is 2.30. The number of ether oxygens (including phenoxy) is 1. The summed E-state index contributed by atoms with van der Waals surface area (Å²) in [5.41, 5.74) is 3.84. The molecule has 0 aliphatic heterocycles. The number of nitrogens with one attached hydrogen (secondary N) is 2. The van der Waals surface area contributed by atoms with Crippen LogP contribution >= 0.6 is 0 Å². The summed E-state index contributed by atoms with van der Waals surface area (Å²) in [5.74, 6) is -1.47. The second kappa shape index (κ2) is 11.2. The molecule has 0 spiro atoms. The van der Waals surface area contributed by atoms with Gasteiger partial charge in [0.15, 0.2) is 0 Å². The topological polar surface area (TPSA) is 105 Å². The number of carbonyl (C=O) groups is 3. The van der Waals surface area contributed by atoms with Gasteiger partial charge >= 0.3 is 5.97 Å². The Balaban J connectivity index is 2.45. The minimum atomic E-state index is -0.899. The van der Waals surface area contributed by atoms with Gasteiger partial charge in [-0.3, -0.25) is 14.8 Å². The van der Waals surface area contributed by atoms with Crippen molar-refractivity contribution >= 4 is 17.8 Å². The van der Waals surface area contributed by atoms with Gasteiger partial charge in [0.05, 0.1) is 6.61 Å². The van der Waals surface area contributed by atoms with Gasteiger partial charge in [-0.25, -0.2) is 10.3 Å². The largest absolute Gasteiger partial charge is 0.464 e. The summed E-state index contributed by atoms with van der Waals surface area (Å²) in [6.07, 6.45) is 1.67. The molecule has 3 N–H and O–H groups in total. The highest BCUT2D eigenvalue weighted by Crippen LogP contribution is 2.08. The van der Waals surface area contributed by atoms with E-state index in [2.05, 4.69) is 5.32 Å². The molecule has 0 heterocycles. The van der Waals surface area contributed by atoms with Crippen LogP contribution < -0.4 is 10.8 Å². The first kappa shape index (κ1) is 20.6. The molecule has 0 unspecified atom stereocenters. The Bertz CT molecular complexity index is 571. The molecule has 0 saturated carbocycles. The number of amides is 2. The van der Waals surface area contributed by atoms with Crippen LogP contribution in [0.25, 0.3) is 0 Å². The molecule has 0 aliphatic rings. The molecule has 138 valence electrons. The molecule has 1 aromatic carbocycles. The van der Waals surface area contributed by atoms with Gasteiger partial charge in [-0.05, 0) is 38.7 Å². The van der Waals surface area contributed by atoms with E-state index in [-0.39, 0.29) is 31.8 Å². The van der Waals surface area contributed by atoms with Gasteiger partial charge in [0, 0.05) is 12.8 Å². The van der Waals surface area contributed by atoms with Gasteiger partial charge < -0.3 is 10.1 Å². The lowest BCUT2D eigenvalue weighted by molar-refractivity contribution is -0.147. The van der Waals surface area contributed by atoms with Gasteiger partial charge in [0.1, 0.15) is 6.04 Å². The molecule has 25 heavy (non-hydrogen) atoms. The molecule has 0 bridgehead atoms. The minimum absolute atomic E-state index is 0.0644. The van der Waals surface area contributed by atoms with Crippen LogP contribution in [0.15, 0.2) is 24.3 Å². The summed E-state index contributed by atoms with van der Waals surface area (Å²) in [5, 5.41) is 11.1. The van der Waals surface area contributed by atoms with E-state index in [4.69, 9.17) is 9.94 Å². The average molecular weight is 350 g/mol. The number of carbonyl (C=O) groups excluding carboxylic acids is 3. The van der Waals surface area contributed by atoms with E-state index >= 15 is 0 Å². The molecule has 0 radical (unpaired) electrons. The van der Waals surface area contributed by atoms with Crippen molar-refractivity contribution in [2.24, 2.45) is 0 Å². The molecule has 1 atom stereocenters. The molecular weight excluding hydrogens is 324 g/mol. The number of aryl methyl sites for hydroxylation is 2. The Labute approximate surface area is 147 Å². The van der Waals surface area contributed by atoms with E-state index in [0.29, 0.717) is 6.42 Å². The Hall–Kier alpha value is -2.41. The van der Waals surface area contributed by atoms with E-state index in [0.717, 1.165) is 12.0 Å². The molecule has 0 fully saturated rings. The average Bonchev–Trinajstić information content (AvgIpc) is 2.60. The van der Waals surface area contributed by atoms with Crippen LogP contribution in [0.5, 0.6) is 0 Å². The number of hydrogen-bond donors (Lipinski definition) is 3. The number of rotatable bonds is 10. The zero-order valence-electron chi connectivity index (χ0n) is 14.7. The fraction of sp³-hybridized carbons (Fsp3) is 0.500. The van der Waals surface area contributed by atoms with Crippen LogP contribution in [0.1, 0.15) is 43.7 Å². The molecule has 0 aromatic heterocycles. The second-order valence-electron chi connectivity index (χ2n) is 5.78. The first-order valence-electron chi connectivity index (χ1n) is 8.40. The van der Waals surface area contributed by atoms with Crippen molar-refractivity contribution in [3.8, 4) is 0 Å². The van der Waals surface area contributed by atoms with Crippen LogP contribution in [0.2, 0.25) is 0 Å². The first-order chi connectivity index (χ1) is 12.0. The number of esters is 1. The lowest BCUT2D eigenvalue weighted by Crippen LogP contribution is -2.42. The van der Waals surface area contributed by atoms with Crippen molar-refractivity contribution in [2.75, 3.05) is 6.61 Å². The standard InChI is InChI=1S/C18H26N2O5/c1-3-25-18(23)15(11-12-17(22)20-24)19-16(21)6-4-5-14-9-7-13(2)8-10-14/h7-10,15,24H,3-6,11-12H2,1-2H3,(H,19,21)(H,20,22)/t15-/m0/s1. The normalized spacial score (nSPS) is 11.5. The van der Waals surface area contributed by atoms with Crippen LogP contribution in [0.3, 0.4) is 0 Å². The number of benzene rings is 1. The zero-order chi connectivity index (χ0) is 18.7. The third kappa shape index (κ3) is 8.30. The Morgan fingerprint density at radius 2 is 1.80 bits per heavy atom. The molecule has 0 saturated heterocycles. The van der Waals surface area contributed by atoms with Crippen molar-refractivity contribution in [1.82, 2.24) is 10.8 Å². The van der Waals surface area contributed by atoms with Crippen molar-refractivity contribution < 1.29 is 24.3 Å². The molecular formula is C18H26N2O5. The Morgan fingerprint density at radius 1 is 1.12 bits per heavy atom. The number of hydroxylamine groups is 1. The van der Waals surface area contributed by atoms with Crippen molar-refractivity contribution in [3.05, 3.63) is 35.4 Å². The smallest absolute Gasteiger partial charge is 0.328 e. The van der Waals surface area contributed by atoms with Crippen LogP contribution in [-0.4, -0.2) is 35.6 Å². The predicted molar refractivity (Wildman–Crippen MR) is 91.8 cm³/mol. The van der Waals surface area contributed by atoms with Crippen LogP contribution in [0, 0.1) is 6.92 Å². The highest BCUT2D eigenvalue weighted by molar-refractivity contribution is 5.85. The maximum absolute atomic E-state index is 12.1. The Morgan fingerprint density at radius 3 is 2.40 bits per heavy atom. The maximum Gasteiger partial charge on any atom is 0.328 e. The van der Waals surface area contributed by atoms with Crippen LogP contribution in [-0.2, 0) is 25.5 Å². The van der Waals surface area contributed by atoms with Crippen molar-refractivity contribution in [3.63, 3.8) is 0 Å². The Kier molecular flexibility index (Phi) is 9.24. The van der Waals surface area contributed by atoms with Gasteiger partial charge in [-0.15, -0.1) is 0 Å². The van der Waals surface area contributed by atoms with E-state index in [1.165, 1.54) is 11.0 Å². The molecule has 1 rings (SSSR count). The maximum atomic E-state index is 12.1. The minimum Gasteiger partial charge on any atom is -0.464 e. The van der Waals surface area contributed by atoms with Gasteiger partial charge in [0.25, 0.3) is 0 Å². The summed E-state index contributed by atoms with van der Waals surface area (Å²) in [6.45, 7) is 3.87. The lowest BCUT2D eigenvalue weighted by atomic mass is 10.1. The third-order valence-corrected chi connectivity index (χ3v) is 3.68. The summed E-state index contributed by atoms with van der Waals surface area (Å²) < 4.78 is 4.91. The van der Waals surface area contributed by atoms with Gasteiger partial charge in [-0.1, -0.05) is 29.8 Å². The lowest BCUT2D eigenvalue weighted by Gasteiger charge is -2.17. The molecule has 0 aliphatic carbocycles. The van der Waals surface area contributed by atoms with Gasteiger partial charge in [0.2, 0.25) is 11.8 Å². The van der Waals surface area contributed by atoms with Crippen LogP contribution in [0.4, 0.5) is 0 Å². The molecule has 1 aromatic rings. The quantitative estimate of drug-likeness (QED) is 0.338. The SMILES string of the molecule is CCOC(=O)[C@H](CCC(=O)NO)NC(=O)CCCc1ccc(C)cc1. The summed E-state index contributed by atoms with van der Waals surface area (Å²) >= 11 is 0. The fourth-order valence-corrected chi connectivity index (χ4v) is 2.30. The highest BCUT2D eigenvalue weighted by atomic mass is 16.5. The van der Waals surface area contributed by atoms with E-state index in [9.17, 15) is 14.4 Å².